The van der Waals surface area contributed by atoms with Crippen LogP contribution in [0.5, 0.6) is 0 Å². The van der Waals surface area contributed by atoms with Crippen molar-refractivity contribution in [3.63, 3.8) is 0 Å². The van der Waals surface area contributed by atoms with Gasteiger partial charge in [0.25, 0.3) is 5.91 Å². The molecule has 4 rings (SSSR count). The van der Waals surface area contributed by atoms with Crippen LogP contribution in [0.2, 0.25) is 0 Å². The van der Waals surface area contributed by atoms with E-state index in [2.05, 4.69) is 15.1 Å². The number of aryl methyl sites for hydroxylation is 3. The minimum absolute atomic E-state index is 0.00833. The van der Waals surface area contributed by atoms with Gasteiger partial charge in [-0.25, -0.2) is 14.5 Å². The van der Waals surface area contributed by atoms with E-state index < -0.39 is 0 Å². The minimum Gasteiger partial charge on any atom is -0.337 e. The second-order valence-electron chi connectivity index (χ2n) is 7.15. The maximum atomic E-state index is 13.0. The van der Waals surface area contributed by atoms with Gasteiger partial charge in [0, 0.05) is 50.2 Å². The maximum Gasteiger partial charge on any atom is 0.272 e. The molecule has 8 nitrogen and oxygen atoms in total. The van der Waals surface area contributed by atoms with Crippen LogP contribution in [-0.2, 0) is 7.05 Å². The number of amides is 1. The number of rotatable bonds is 3. The lowest BCUT2D eigenvalue weighted by molar-refractivity contribution is 0.0628. The molecule has 0 aliphatic carbocycles. The van der Waals surface area contributed by atoms with Crippen LogP contribution in [-0.4, -0.2) is 53.8 Å². The van der Waals surface area contributed by atoms with E-state index >= 15 is 0 Å². The summed E-state index contributed by atoms with van der Waals surface area (Å²) in [5, 5.41) is 4.37. The van der Waals surface area contributed by atoms with Crippen LogP contribution in [0.25, 0.3) is 5.65 Å². The van der Waals surface area contributed by atoms with Crippen molar-refractivity contribution in [2.75, 3.05) is 13.1 Å². The molecule has 0 aromatic carbocycles. The second-order valence-corrected chi connectivity index (χ2v) is 7.15. The van der Waals surface area contributed by atoms with E-state index in [9.17, 15) is 9.59 Å². The van der Waals surface area contributed by atoms with E-state index in [1.807, 2.05) is 19.9 Å². The molecule has 1 saturated heterocycles. The molecule has 0 radical (unpaired) electrons. The molecule has 27 heavy (non-hydrogen) atoms. The molecule has 0 unspecified atom stereocenters. The Kier molecular flexibility index (Phi) is 4.25. The Morgan fingerprint density at radius 1 is 1.22 bits per heavy atom. The number of piperidine rings is 1. The van der Waals surface area contributed by atoms with Crippen molar-refractivity contribution in [3.05, 3.63) is 47.4 Å². The van der Waals surface area contributed by atoms with Gasteiger partial charge in [0.15, 0.2) is 11.5 Å². The van der Waals surface area contributed by atoms with Gasteiger partial charge in [-0.2, -0.15) is 5.10 Å². The fourth-order valence-electron chi connectivity index (χ4n) is 3.67. The average Bonchev–Trinajstić information content (AvgIpc) is 3.25. The molecular weight excluding hydrogens is 344 g/mol. The lowest BCUT2D eigenvalue weighted by Gasteiger charge is -2.31. The SMILES string of the molecule is Cc1cc2nc(C(=O)N3CCC[C@H](C(=O)c4nccn4C)C3)cc(C)n2n1. The Labute approximate surface area is 156 Å². The van der Waals surface area contributed by atoms with Crippen LogP contribution in [0.3, 0.4) is 0 Å². The molecule has 1 aliphatic rings. The topological polar surface area (TPSA) is 85.4 Å². The highest BCUT2D eigenvalue weighted by molar-refractivity contribution is 5.97. The number of aromatic nitrogens is 5. The standard InChI is InChI=1S/C19H22N6O2/c1-12-9-16-21-15(10-13(2)25(16)22-12)19(27)24-7-4-5-14(11-24)17(26)18-20-6-8-23(18)3/h6,8-10,14H,4-5,7,11H2,1-3H3/t14-/m0/s1. The predicted octanol–water partition coefficient (Wildman–Crippen LogP) is 1.81. The van der Waals surface area contributed by atoms with Crippen LogP contribution in [0.1, 0.15) is 45.3 Å². The van der Waals surface area contributed by atoms with Gasteiger partial charge in [0.05, 0.1) is 5.69 Å². The van der Waals surface area contributed by atoms with Crippen LogP contribution >= 0.6 is 0 Å². The summed E-state index contributed by atoms with van der Waals surface area (Å²) >= 11 is 0. The number of hydrogen-bond acceptors (Lipinski definition) is 5. The normalized spacial score (nSPS) is 17.4. The average molecular weight is 366 g/mol. The molecule has 0 N–H and O–H groups in total. The molecule has 8 heteroatoms. The Morgan fingerprint density at radius 3 is 2.78 bits per heavy atom. The number of Topliss-reactive ketones (excluding diaryl/α,β-unsaturated/α-hetero) is 1. The van der Waals surface area contributed by atoms with Crippen molar-refractivity contribution >= 4 is 17.3 Å². The fraction of sp³-hybridized carbons (Fsp3) is 0.421. The summed E-state index contributed by atoms with van der Waals surface area (Å²) in [6.45, 7) is 4.83. The highest BCUT2D eigenvalue weighted by Crippen LogP contribution is 2.22. The number of nitrogens with zero attached hydrogens (tertiary/aromatic N) is 6. The van der Waals surface area contributed by atoms with Crippen molar-refractivity contribution in [1.29, 1.82) is 0 Å². The van der Waals surface area contributed by atoms with Crippen molar-refractivity contribution in [3.8, 4) is 0 Å². The highest BCUT2D eigenvalue weighted by atomic mass is 16.2. The highest BCUT2D eigenvalue weighted by Gasteiger charge is 2.31. The third-order valence-electron chi connectivity index (χ3n) is 5.07. The van der Waals surface area contributed by atoms with Gasteiger partial charge < -0.3 is 9.47 Å². The molecule has 4 heterocycles. The zero-order valence-electron chi connectivity index (χ0n) is 15.7. The predicted molar refractivity (Wildman–Crippen MR) is 98.6 cm³/mol. The zero-order chi connectivity index (χ0) is 19.1. The lowest BCUT2D eigenvalue weighted by atomic mass is 9.93. The van der Waals surface area contributed by atoms with Crippen LogP contribution in [0, 0.1) is 19.8 Å². The molecule has 1 fully saturated rings. The first-order chi connectivity index (χ1) is 12.9. The Bertz CT molecular complexity index is 1030. The summed E-state index contributed by atoms with van der Waals surface area (Å²) < 4.78 is 3.46. The third kappa shape index (κ3) is 3.11. The largest absolute Gasteiger partial charge is 0.337 e. The summed E-state index contributed by atoms with van der Waals surface area (Å²) in [5.74, 6) is 0.0630. The summed E-state index contributed by atoms with van der Waals surface area (Å²) in [6.07, 6.45) is 4.94. The number of imidazole rings is 1. The number of fused-ring (bicyclic) bond motifs is 1. The number of ketones is 1. The van der Waals surface area contributed by atoms with E-state index in [1.54, 1.807) is 39.5 Å². The number of carbonyl (C=O) groups is 2. The van der Waals surface area contributed by atoms with E-state index in [0.29, 0.717) is 30.3 Å². The molecule has 0 saturated carbocycles. The van der Waals surface area contributed by atoms with E-state index in [1.165, 1.54) is 0 Å². The first-order valence-corrected chi connectivity index (χ1v) is 9.09. The Morgan fingerprint density at radius 2 is 2.04 bits per heavy atom. The number of likely N-dealkylation sites (tertiary alicyclic amines) is 1. The summed E-state index contributed by atoms with van der Waals surface area (Å²) in [6, 6.07) is 3.61. The smallest absolute Gasteiger partial charge is 0.272 e. The lowest BCUT2D eigenvalue weighted by Crippen LogP contribution is -2.43. The first kappa shape index (κ1) is 17.4. The Balaban J connectivity index is 1.57. The van der Waals surface area contributed by atoms with Crippen LogP contribution in [0.4, 0.5) is 0 Å². The van der Waals surface area contributed by atoms with Gasteiger partial charge in [-0.05, 0) is 32.8 Å². The quantitative estimate of drug-likeness (QED) is 0.660. The van der Waals surface area contributed by atoms with Gasteiger partial charge >= 0.3 is 0 Å². The molecule has 3 aromatic rings. The summed E-state index contributed by atoms with van der Waals surface area (Å²) in [5.41, 5.74) is 2.77. The van der Waals surface area contributed by atoms with Gasteiger partial charge in [0.2, 0.25) is 5.78 Å². The second kappa shape index (κ2) is 6.61. The van der Waals surface area contributed by atoms with Gasteiger partial charge in [-0.3, -0.25) is 9.59 Å². The Hall–Kier alpha value is -3.03. The number of carbonyl (C=O) groups excluding carboxylic acids is 2. The zero-order valence-corrected chi connectivity index (χ0v) is 15.7. The van der Waals surface area contributed by atoms with E-state index in [-0.39, 0.29) is 17.6 Å². The third-order valence-corrected chi connectivity index (χ3v) is 5.07. The van der Waals surface area contributed by atoms with E-state index in [4.69, 9.17) is 0 Å². The summed E-state index contributed by atoms with van der Waals surface area (Å²) in [4.78, 5) is 36.2. The molecule has 3 aromatic heterocycles. The minimum atomic E-state index is -0.231. The number of hydrogen-bond donors (Lipinski definition) is 0. The molecular formula is C19H22N6O2. The fourth-order valence-corrected chi connectivity index (χ4v) is 3.67. The van der Waals surface area contributed by atoms with Gasteiger partial charge in [-0.15, -0.1) is 0 Å². The molecule has 1 atom stereocenters. The summed E-state index contributed by atoms with van der Waals surface area (Å²) in [7, 11) is 1.81. The van der Waals surface area contributed by atoms with Crippen molar-refractivity contribution in [2.45, 2.75) is 26.7 Å². The van der Waals surface area contributed by atoms with Crippen molar-refractivity contribution < 1.29 is 9.59 Å². The molecule has 140 valence electrons. The van der Waals surface area contributed by atoms with Crippen LogP contribution in [0.15, 0.2) is 24.5 Å². The van der Waals surface area contributed by atoms with E-state index in [0.717, 1.165) is 24.2 Å². The van der Waals surface area contributed by atoms with Gasteiger partial charge in [-0.1, -0.05) is 0 Å². The molecule has 1 amide bonds. The molecule has 1 aliphatic heterocycles. The van der Waals surface area contributed by atoms with Crippen molar-refractivity contribution in [1.82, 2.24) is 29.0 Å². The van der Waals surface area contributed by atoms with Crippen molar-refractivity contribution in [2.24, 2.45) is 13.0 Å². The monoisotopic (exact) mass is 366 g/mol. The van der Waals surface area contributed by atoms with Crippen LogP contribution < -0.4 is 0 Å². The molecule has 0 spiro atoms. The first-order valence-electron chi connectivity index (χ1n) is 9.09. The maximum absolute atomic E-state index is 13.0. The molecule has 0 bridgehead atoms. The van der Waals surface area contributed by atoms with Gasteiger partial charge in [0.1, 0.15) is 5.69 Å².